The summed E-state index contributed by atoms with van der Waals surface area (Å²) in [5, 5.41) is 2.83. The fourth-order valence-electron chi connectivity index (χ4n) is 1.40. The molecule has 4 heteroatoms. The highest BCUT2D eigenvalue weighted by Crippen LogP contribution is 2.15. The molecule has 0 aliphatic heterocycles. The number of nitrogens with one attached hydrogen (secondary N) is 1. The molecule has 0 bridgehead atoms. The number of furan rings is 1. The Morgan fingerprint density at radius 2 is 2.19 bits per heavy atom. The fraction of sp³-hybridized carbons (Fsp3) is 0.583. The number of aryl methyl sites for hydroxylation is 2. The lowest BCUT2D eigenvalue weighted by Crippen LogP contribution is -2.48. The molecular weight excluding hydrogens is 204 g/mol. The summed E-state index contributed by atoms with van der Waals surface area (Å²) >= 11 is 0. The SMILES string of the molecule is CCc1oc(C(=O)NC(C)(C)CN)cc1C. The van der Waals surface area contributed by atoms with Crippen LogP contribution in [0.2, 0.25) is 0 Å². The zero-order valence-electron chi connectivity index (χ0n) is 10.4. The van der Waals surface area contributed by atoms with Gasteiger partial charge in [0.25, 0.3) is 5.91 Å². The van der Waals surface area contributed by atoms with Crippen molar-refractivity contribution >= 4 is 5.91 Å². The zero-order chi connectivity index (χ0) is 12.3. The van der Waals surface area contributed by atoms with Gasteiger partial charge in [0.2, 0.25) is 0 Å². The molecular formula is C12H20N2O2. The number of carbonyl (C=O) groups excluding carboxylic acids is 1. The van der Waals surface area contributed by atoms with Crippen molar-refractivity contribution in [2.75, 3.05) is 6.54 Å². The lowest BCUT2D eigenvalue weighted by Gasteiger charge is -2.23. The first-order chi connectivity index (χ1) is 7.39. The molecule has 0 fully saturated rings. The molecule has 4 nitrogen and oxygen atoms in total. The minimum atomic E-state index is -0.413. The summed E-state index contributed by atoms with van der Waals surface area (Å²) in [6.07, 6.45) is 0.791. The lowest BCUT2D eigenvalue weighted by molar-refractivity contribution is 0.0885. The summed E-state index contributed by atoms with van der Waals surface area (Å²) in [6.45, 7) is 8.08. The molecule has 0 saturated carbocycles. The van der Waals surface area contributed by atoms with Crippen LogP contribution < -0.4 is 11.1 Å². The van der Waals surface area contributed by atoms with E-state index in [4.69, 9.17) is 10.2 Å². The van der Waals surface area contributed by atoms with Gasteiger partial charge in [-0.05, 0) is 32.4 Å². The Hall–Kier alpha value is -1.29. The van der Waals surface area contributed by atoms with Crippen LogP contribution >= 0.6 is 0 Å². The summed E-state index contributed by atoms with van der Waals surface area (Å²) in [5.41, 5.74) is 6.15. The summed E-state index contributed by atoms with van der Waals surface area (Å²) in [6, 6.07) is 1.76. The van der Waals surface area contributed by atoms with E-state index in [9.17, 15) is 4.79 Å². The van der Waals surface area contributed by atoms with E-state index in [0.29, 0.717) is 12.3 Å². The van der Waals surface area contributed by atoms with Gasteiger partial charge in [0.15, 0.2) is 5.76 Å². The number of carbonyl (C=O) groups is 1. The minimum Gasteiger partial charge on any atom is -0.456 e. The summed E-state index contributed by atoms with van der Waals surface area (Å²) in [7, 11) is 0. The van der Waals surface area contributed by atoms with E-state index in [1.807, 2.05) is 27.7 Å². The zero-order valence-corrected chi connectivity index (χ0v) is 10.4. The van der Waals surface area contributed by atoms with E-state index >= 15 is 0 Å². The molecule has 1 aromatic rings. The monoisotopic (exact) mass is 224 g/mol. The van der Waals surface area contributed by atoms with Crippen molar-refractivity contribution in [1.29, 1.82) is 0 Å². The second kappa shape index (κ2) is 4.70. The average Bonchev–Trinajstić information content (AvgIpc) is 2.59. The largest absolute Gasteiger partial charge is 0.456 e. The van der Waals surface area contributed by atoms with E-state index in [0.717, 1.165) is 17.7 Å². The molecule has 0 atom stereocenters. The third kappa shape index (κ3) is 2.85. The molecule has 0 spiro atoms. The highest BCUT2D eigenvalue weighted by atomic mass is 16.4. The lowest BCUT2D eigenvalue weighted by atomic mass is 10.1. The van der Waals surface area contributed by atoms with E-state index in [1.54, 1.807) is 6.07 Å². The van der Waals surface area contributed by atoms with Crippen LogP contribution in [0.15, 0.2) is 10.5 Å². The van der Waals surface area contributed by atoms with Crippen molar-refractivity contribution in [1.82, 2.24) is 5.32 Å². The smallest absolute Gasteiger partial charge is 0.287 e. The van der Waals surface area contributed by atoms with Crippen LogP contribution in [0.3, 0.4) is 0 Å². The Bertz CT molecular complexity index is 380. The number of hydrogen-bond acceptors (Lipinski definition) is 3. The molecule has 1 amide bonds. The van der Waals surface area contributed by atoms with Gasteiger partial charge in [-0.15, -0.1) is 0 Å². The third-order valence-electron chi connectivity index (χ3n) is 2.53. The van der Waals surface area contributed by atoms with Crippen LogP contribution in [0, 0.1) is 6.92 Å². The van der Waals surface area contributed by atoms with Crippen molar-refractivity contribution in [3.8, 4) is 0 Å². The molecule has 0 radical (unpaired) electrons. The first kappa shape index (κ1) is 12.8. The summed E-state index contributed by atoms with van der Waals surface area (Å²) in [5.74, 6) is 1.00. The molecule has 0 aromatic carbocycles. The Morgan fingerprint density at radius 3 is 2.62 bits per heavy atom. The van der Waals surface area contributed by atoms with E-state index in [1.165, 1.54) is 0 Å². The number of amides is 1. The van der Waals surface area contributed by atoms with E-state index in [-0.39, 0.29) is 5.91 Å². The maximum Gasteiger partial charge on any atom is 0.287 e. The van der Waals surface area contributed by atoms with Gasteiger partial charge in [-0.2, -0.15) is 0 Å². The highest BCUT2D eigenvalue weighted by Gasteiger charge is 2.21. The predicted molar refractivity (Wildman–Crippen MR) is 63.4 cm³/mol. The van der Waals surface area contributed by atoms with Crippen LogP contribution in [-0.2, 0) is 6.42 Å². The van der Waals surface area contributed by atoms with Crippen molar-refractivity contribution in [3.05, 3.63) is 23.2 Å². The quantitative estimate of drug-likeness (QED) is 0.816. The van der Waals surface area contributed by atoms with Crippen LogP contribution in [0.5, 0.6) is 0 Å². The van der Waals surface area contributed by atoms with Crippen molar-refractivity contribution in [3.63, 3.8) is 0 Å². The van der Waals surface area contributed by atoms with Gasteiger partial charge in [0.1, 0.15) is 5.76 Å². The normalized spacial score (nSPS) is 11.6. The first-order valence-corrected chi connectivity index (χ1v) is 5.51. The van der Waals surface area contributed by atoms with Crippen LogP contribution in [-0.4, -0.2) is 18.0 Å². The summed E-state index contributed by atoms with van der Waals surface area (Å²) in [4.78, 5) is 11.8. The predicted octanol–water partition coefficient (Wildman–Crippen LogP) is 1.62. The third-order valence-corrected chi connectivity index (χ3v) is 2.53. The van der Waals surface area contributed by atoms with Gasteiger partial charge >= 0.3 is 0 Å². The number of nitrogens with two attached hydrogens (primary N) is 1. The highest BCUT2D eigenvalue weighted by molar-refractivity contribution is 5.92. The Balaban J connectivity index is 2.81. The van der Waals surface area contributed by atoms with Gasteiger partial charge in [0, 0.05) is 18.5 Å². The first-order valence-electron chi connectivity index (χ1n) is 5.51. The molecule has 1 heterocycles. The average molecular weight is 224 g/mol. The van der Waals surface area contributed by atoms with Gasteiger partial charge in [0.05, 0.1) is 0 Å². The molecule has 0 unspecified atom stereocenters. The van der Waals surface area contributed by atoms with Crippen molar-refractivity contribution in [2.45, 2.75) is 39.7 Å². The minimum absolute atomic E-state index is 0.210. The standard InChI is InChI=1S/C12H20N2O2/c1-5-9-8(2)6-10(16-9)11(15)14-12(3,4)7-13/h6H,5,7,13H2,1-4H3,(H,14,15). The Kier molecular flexibility index (Phi) is 3.75. The maximum atomic E-state index is 11.8. The topological polar surface area (TPSA) is 68.3 Å². The second-order valence-electron chi connectivity index (χ2n) is 4.61. The van der Waals surface area contributed by atoms with E-state index in [2.05, 4.69) is 5.32 Å². The van der Waals surface area contributed by atoms with Crippen LogP contribution in [0.4, 0.5) is 0 Å². The molecule has 0 aliphatic carbocycles. The van der Waals surface area contributed by atoms with E-state index < -0.39 is 5.54 Å². The molecule has 0 saturated heterocycles. The maximum absolute atomic E-state index is 11.8. The van der Waals surface area contributed by atoms with Crippen LogP contribution in [0.25, 0.3) is 0 Å². The number of rotatable bonds is 4. The Labute approximate surface area is 96.2 Å². The number of hydrogen-bond donors (Lipinski definition) is 2. The molecule has 0 aliphatic rings. The molecule has 16 heavy (non-hydrogen) atoms. The molecule has 90 valence electrons. The molecule has 1 rings (SSSR count). The van der Waals surface area contributed by atoms with Gasteiger partial charge in [-0.1, -0.05) is 6.92 Å². The van der Waals surface area contributed by atoms with Gasteiger partial charge < -0.3 is 15.5 Å². The molecule has 1 aromatic heterocycles. The van der Waals surface area contributed by atoms with Gasteiger partial charge in [-0.3, -0.25) is 4.79 Å². The Morgan fingerprint density at radius 1 is 1.56 bits per heavy atom. The fourth-order valence-corrected chi connectivity index (χ4v) is 1.40. The van der Waals surface area contributed by atoms with Crippen molar-refractivity contribution < 1.29 is 9.21 Å². The summed E-state index contributed by atoms with van der Waals surface area (Å²) < 4.78 is 5.46. The van der Waals surface area contributed by atoms with Gasteiger partial charge in [-0.25, -0.2) is 0 Å². The van der Waals surface area contributed by atoms with Crippen LogP contribution in [0.1, 0.15) is 42.6 Å². The molecule has 3 N–H and O–H groups in total. The van der Waals surface area contributed by atoms with Crippen molar-refractivity contribution in [2.24, 2.45) is 5.73 Å². The second-order valence-corrected chi connectivity index (χ2v) is 4.61.